The van der Waals surface area contributed by atoms with Crippen LogP contribution in [0.4, 0.5) is 9.59 Å². The molecular formula is C32H34N2O4. The van der Waals surface area contributed by atoms with Gasteiger partial charge in [0.15, 0.2) is 0 Å². The van der Waals surface area contributed by atoms with Gasteiger partial charge in [0.1, 0.15) is 12.2 Å². The summed E-state index contributed by atoms with van der Waals surface area (Å²) in [4.78, 5) is 28.3. The first-order chi connectivity index (χ1) is 18.3. The van der Waals surface area contributed by atoms with Crippen LogP contribution in [-0.4, -0.2) is 45.9 Å². The number of amides is 1. The number of carbonyl (C=O) groups excluding carboxylic acids is 2. The number of benzene rings is 2. The molecule has 3 heterocycles. The molecule has 0 radical (unpaired) electrons. The molecule has 1 saturated heterocycles. The lowest BCUT2D eigenvalue weighted by Gasteiger charge is -2.44. The van der Waals surface area contributed by atoms with Crippen LogP contribution in [0.5, 0.6) is 0 Å². The topological polar surface area (TPSA) is 60.8 Å². The second-order valence-corrected chi connectivity index (χ2v) is 11.5. The minimum Gasteiger partial charge on any atom is -0.448 e. The van der Waals surface area contributed by atoms with Crippen LogP contribution in [0.15, 0.2) is 72.9 Å². The number of aromatic nitrogens is 1. The summed E-state index contributed by atoms with van der Waals surface area (Å²) in [6, 6.07) is 20.6. The van der Waals surface area contributed by atoms with E-state index < -0.39 is 5.60 Å². The summed E-state index contributed by atoms with van der Waals surface area (Å²) in [5.74, 6) is 0.0409. The first kappa shape index (κ1) is 24.5. The third kappa shape index (κ3) is 4.42. The second kappa shape index (κ2) is 9.50. The molecule has 1 amide bonds. The number of hydrogen-bond donors (Lipinski definition) is 0. The molecule has 1 aromatic heterocycles. The molecule has 2 aromatic carbocycles. The van der Waals surface area contributed by atoms with Crippen LogP contribution in [0.2, 0.25) is 0 Å². The number of hydrogen-bond acceptors (Lipinski definition) is 4. The van der Waals surface area contributed by atoms with Crippen molar-refractivity contribution < 1.29 is 19.1 Å². The predicted octanol–water partition coefficient (Wildman–Crippen LogP) is 7.23. The van der Waals surface area contributed by atoms with Crippen molar-refractivity contribution in [2.75, 3.05) is 6.61 Å². The Morgan fingerprint density at radius 2 is 1.58 bits per heavy atom. The van der Waals surface area contributed by atoms with Gasteiger partial charge in [0.2, 0.25) is 0 Å². The average Bonchev–Trinajstić information content (AvgIpc) is 3.49. The highest BCUT2D eigenvalue weighted by Crippen LogP contribution is 2.45. The molecule has 1 aliphatic carbocycles. The number of ether oxygens (including phenoxy) is 2. The molecule has 0 N–H and O–H groups in total. The summed E-state index contributed by atoms with van der Waals surface area (Å²) < 4.78 is 13.2. The molecule has 1 fully saturated rings. The minimum absolute atomic E-state index is 0.0409. The summed E-state index contributed by atoms with van der Waals surface area (Å²) in [7, 11) is 0. The Morgan fingerprint density at radius 3 is 2.24 bits per heavy atom. The lowest BCUT2D eigenvalue weighted by molar-refractivity contribution is 0.0513. The van der Waals surface area contributed by atoms with E-state index in [0.717, 1.165) is 30.5 Å². The van der Waals surface area contributed by atoms with E-state index in [0.29, 0.717) is 13.0 Å². The summed E-state index contributed by atoms with van der Waals surface area (Å²) >= 11 is 0. The Hall–Kier alpha value is -3.80. The zero-order chi connectivity index (χ0) is 26.4. The predicted molar refractivity (Wildman–Crippen MR) is 147 cm³/mol. The molecule has 196 valence electrons. The molecule has 2 bridgehead atoms. The molecule has 0 spiro atoms. The van der Waals surface area contributed by atoms with Crippen LogP contribution in [0.1, 0.15) is 69.2 Å². The van der Waals surface area contributed by atoms with Crippen molar-refractivity contribution in [3.63, 3.8) is 0 Å². The van der Waals surface area contributed by atoms with Crippen molar-refractivity contribution in [3.05, 3.63) is 89.8 Å². The molecular weight excluding hydrogens is 476 g/mol. The van der Waals surface area contributed by atoms with Gasteiger partial charge in [0.25, 0.3) is 0 Å². The third-order valence-corrected chi connectivity index (χ3v) is 7.85. The van der Waals surface area contributed by atoms with Crippen molar-refractivity contribution >= 4 is 17.8 Å². The first-order valence-electron chi connectivity index (χ1n) is 13.6. The van der Waals surface area contributed by atoms with Gasteiger partial charge in [-0.1, -0.05) is 54.6 Å². The van der Waals surface area contributed by atoms with Crippen LogP contribution in [0.3, 0.4) is 0 Å². The molecule has 6 heteroatoms. The van der Waals surface area contributed by atoms with Crippen LogP contribution >= 0.6 is 0 Å². The molecule has 3 aliphatic rings. The van der Waals surface area contributed by atoms with Crippen molar-refractivity contribution in [2.24, 2.45) is 0 Å². The number of carbonyl (C=O) groups is 2. The number of fused-ring (bicyclic) bond motifs is 5. The quantitative estimate of drug-likeness (QED) is 0.373. The Bertz CT molecular complexity index is 1370. The van der Waals surface area contributed by atoms with Gasteiger partial charge in [-0.3, -0.25) is 9.47 Å². The molecule has 6 nitrogen and oxygen atoms in total. The van der Waals surface area contributed by atoms with E-state index in [1.165, 1.54) is 22.3 Å². The summed E-state index contributed by atoms with van der Waals surface area (Å²) in [5, 5.41) is 0. The first-order valence-corrected chi connectivity index (χ1v) is 13.6. The summed E-state index contributed by atoms with van der Waals surface area (Å²) in [6.45, 7) is 5.92. The van der Waals surface area contributed by atoms with Crippen LogP contribution < -0.4 is 0 Å². The standard InChI is InChI=1S/C32H34N2O4/c1-32(2,3)38-30(35)33-17-9-16-29(33)21-18-22-10-8-11-23(19-21)34(22)31(36)37-20-28-26-14-6-4-12-24(26)25-13-5-7-15-27(25)28/h4-7,9,12-18,22-23,28H,8,10-11,19-20H2,1-3H3. The van der Waals surface area contributed by atoms with Gasteiger partial charge in [0, 0.05) is 18.2 Å². The molecule has 2 atom stereocenters. The zero-order valence-corrected chi connectivity index (χ0v) is 22.2. The van der Waals surface area contributed by atoms with Gasteiger partial charge in [-0.25, -0.2) is 9.59 Å². The van der Waals surface area contributed by atoms with E-state index in [2.05, 4.69) is 42.5 Å². The van der Waals surface area contributed by atoms with Crippen LogP contribution in [0, 0.1) is 0 Å². The summed E-state index contributed by atoms with van der Waals surface area (Å²) in [5.41, 5.74) is 6.22. The van der Waals surface area contributed by atoms with Gasteiger partial charge < -0.3 is 9.47 Å². The zero-order valence-electron chi connectivity index (χ0n) is 22.2. The van der Waals surface area contributed by atoms with E-state index in [1.807, 2.05) is 49.9 Å². The highest BCUT2D eigenvalue weighted by molar-refractivity contribution is 5.81. The Labute approximate surface area is 223 Å². The van der Waals surface area contributed by atoms with Crippen LogP contribution in [0.25, 0.3) is 16.7 Å². The lowest BCUT2D eigenvalue weighted by Crippen LogP contribution is -2.52. The Morgan fingerprint density at radius 1 is 0.895 bits per heavy atom. The average molecular weight is 511 g/mol. The smallest absolute Gasteiger partial charge is 0.418 e. The van der Waals surface area contributed by atoms with E-state index in [1.54, 1.807) is 10.8 Å². The monoisotopic (exact) mass is 510 g/mol. The van der Waals surface area contributed by atoms with Gasteiger partial charge in [-0.2, -0.15) is 0 Å². The van der Waals surface area contributed by atoms with Gasteiger partial charge >= 0.3 is 12.2 Å². The van der Waals surface area contributed by atoms with Crippen molar-refractivity contribution in [2.45, 2.75) is 70.1 Å². The maximum atomic E-state index is 13.5. The van der Waals surface area contributed by atoms with E-state index in [4.69, 9.17) is 9.47 Å². The number of rotatable bonds is 3. The van der Waals surface area contributed by atoms with E-state index >= 15 is 0 Å². The number of piperidine rings is 1. The third-order valence-electron chi connectivity index (χ3n) is 7.85. The maximum Gasteiger partial charge on any atom is 0.418 e. The van der Waals surface area contributed by atoms with Gasteiger partial charge in [-0.05, 0) is 86.4 Å². The van der Waals surface area contributed by atoms with E-state index in [-0.39, 0.29) is 30.2 Å². The minimum atomic E-state index is -0.572. The molecule has 2 aliphatic heterocycles. The van der Waals surface area contributed by atoms with Crippen LogP contribution in [-0.2, 0) is 9.47 Å². The molecule has 0 saturated carbocycles. The Balaban J connectivity index is 1.20. The largest absolute Gasteiger partial charge is 0.448 e. The van der Waals surface area contributed by atoms with E-state index in [9.17, 15) is 9.59 Å². The molecule has 2 unspecified atom stereocenters. The molecule has 3 aromatic rings. The summed E-state index contributed by atoms with van der Waals surface area (Å²) in [6.07, 6.45) is 6.82. The lowest BCUT2D eigenvalue weighted by atomic mass is 9.84. The fourth-order valence-corrected chi connectivity index (χ4v) is 6.29. The highest BCUT2D eigenvalue weighted by Gasteiger charge is 2.40. The normalized spacial score (nSPS) is 20.4. The number of nitrogens with zero attached hydrogens (tertiary/aromatic N) is 2. The van der Waals surface area contributed by atoms with Gasteiger partial charge in [0.05, 0.1) is 11.7 Å². The fraction of sp³-hybridized carbons (Fsp3) is 0.375. The molecule has 6 rings (SSSR count). The maximum absolute atomic E-state index is 13.5. The second-order valence-electron chi connectivity index (χ2n) is 11.5. The van der Waals surface area contributed by atoms with Crippen molar-refractivity contribution in [1.82, 2.24) is 9.47 Å². The fourth-order valence-electron chi connectivity index (χ4n) is 6.29. The van der Waals surface area contributed by atoms with Gasteiger partial charge in [-0.15, -0.1) is 0 Å². The van der Waals surface area contributed by atoms with Crippen molar-refractivity contribution in [1.29, 1.82) is 0 Å². The Kier molecular flexibility index (Phi) is 6.13. The van der Waals surface area contributed by atoms with Crippen molar-refractivity contribution in [3.8, 4) is 11.1 Å². The highest BCUT2D eigenvalue weighted by atomic mass is 16.6. The molecule has 38 heavy (non-hydrogen) atoms. The SMILES string of the molecule is CC(C)(C)OC(=O)n1cccc1C1=CC2CCCC(C1)N2C(=O)OCC1c2ccccc2-c2ccccc21.